The van der Waals surface area contributed by atoms with Gasteiger partial charge >= 0.3 is 12.2 Å². The van der Waals surface area contributed by atoms with Gasteiger partial charge in [-0.2, -0.15) is 0 Å². The molecule has 6 nitrogen and oxygen atoms in total. The number of hydrogen-bond acceptors (Lipinski definition) is 5. The minimum atomic E-state index is -0.725. The van der Waals surface area contributed by atoms with Gasteiger partial charge in [0.05, 0.1) is 11.9 Å². The topological polar surface area (TPSA) is 59.1 Å². The first-order chi connectivity index (χ1) is 9.44. The van der Waals surface area contributed by atoms with E-state index in [-0.39, 0.29) is 18.5 Å². The third kappa shape index (κ3) is 3.17. The monoisotopic (exact) mass is 304 g/mol. The van der Waals surface area contributed by atoms with Gasteiger partial charge in [0.15, 0.2) is 0 Å². The summed E-state index contributed by atoms with van der Waals surface area (Å²) in [5.74, 6) is 0. The largest absolute Gasteiger partial charge is 0.448 e. The summed E-state index contributed by atoms with van der Waals surface area (Å²) in [5, 5.41) is -0.236. The molecule has 0 radical (unpaired) electrons. The lowest BCUT2D eigenvalue weighted by Crippen LogP contribution is -2.46. The normalized spacial score (nSPS) is 29.9. The molecule has 0 bridgehead atoms. The Hall–Kier alpha value is -1.01. The fourth-order valence-electron chi connectivity index (χ4n) is 2.59. The molecular formula is C13H21ClN2O4. The van der Waals surface area contributed by atoms with Crippen molar-refractivity contribution in [3.05, 3.63) is 0 Å². The molecule has 0 aromatic carbocycles. The summed E-state index contributed by atoms with van der Waals surface area (Å²) >= 11 is 6.30. The molecule has 2 rings (SSSR count). The molecule has 2 fully saturated rings. The maximum absolute atomic E-state index is 11.9. The van der Waals surface area contributed by atoms with Gasteiger partial charge in [-0.05, 0) is 33.4 Å². The zero-order valence-corrected chi connectivity index (χ0v) is 12.7. The third-order valence-electron chi connectivity index (χ3n) is 3.80. The lowest BCUT2D eigenvalue weighted by molar-refractivity contribution is 0.0296. The molecule has 2 amide bonds. The minimum absolute atomic E-state index is 0.195. The molecule has 1 heterocycles. The first-order valence-electron chi connectivity index (χ1n) is 6.91. The van der Waals surface area contributed by atoms with Crippen LogP contribution in [0.25, 0.3) is 0 Å². The molecular weight excluding hydrogens is 284 g/mol. The van der Waals surface area contributed by atoms with Crippen molar-refractivity contribution in [2.75, 3.05) is 33.8 Å². The fourth-order valence-corrected chi connectivity index (χ4v) is 2.96. The van der Waals surface area contributed by atoms with E-state index in [1.807, 2.05) is 19.0 Å². The van der Waals surface area contributed by atoms with Gasteiger partial charge in [-0.25, -0.2) is 14.5 Å². The van der Waals surface area contributed by atoms with Gasteiger partial charge in [0, 0.05) is 6.54 Å². The van der Waals surface area contributed by atoms with Crippen molar-refractivity contribution in [1.29, 1.82) is 0 Å². The Balaban J connectivity index is 1.93. The van der Waals surface area contributed by atoms with Gasteiger partial charge in [0.1, 0.15) is 12.2 Å². The van der Waals surface area contributed by atoms with Crippen LogP contribution in [0.2, 0.25) is 0 Å². The molecule has 2 aliphatic rings. The fraction of sp³-hybridized carbons (Fsp3) is 0.846. The Morgan fingerprint density at radius 2 is 2.30 bits per heavy atom. The Morgan fingerprint density at radius 3 is 2.95 bits per heavy atom. The van der Waals surface area contributed by atoms with Crippen LogP contribution in [0.3, 0.4) is 0 Å². The standard InChI is InChI=1S/C13H21ClN2O4/c1-15(2)7-8-19-11(17)16-9-13(20-12(16)18)6-4-3-5-10(13)14/h10H,3-9H2,1-2H3. The predicted octanol–water partition coefficient (Wildman–Crippen LogP) is 2.06. The summed E-state index contributed by atoms with van der Waals surface area (Å²) in [4.78, 5) is 26.7. The van der Waals surface area contributed by atoms with Crippen LogP contribution in [0, 0.1) is 0 Å². The van der Waals surface area contributed by atoms with Crippen molar-refractivity contribution in [3.63, 3.8) is 0 Å². The van der Waals surface area contributed by atoms with Crippen LogP contribution in [-0.4, -0.2) is 66.8 Å². The summed E-state index contributed by atoms with van der Waals surface area (Å²) in [6.07, 6.45) is 2.20. The molecule has 2 atom stereocenters. The van der Waals surface area contributed by atoms with Crippen molar-refractivity contribution < 1.29 is 19.1 Å². The average molecular weight is 305 g/mol. The SMILES string of the molecule is CN(C)CCOC(=O)N1CC2(CCCCC2Cl)OC1=O. The molecule has 1 aliphatic carbocycles. The molecule has 1 aliphatic heterocycles. The summed E-state index contributed by atoms with van der Waals surface area (Å²) < 4.78 is 10.5. The molecule has 0 aromatic heterocycles. The number of imide groups is 1. The third-order valence-corrected chi connectivity index (χ3v) is 4.42. The molecule has 114 valence electrons. The van der Waals surface area contributed by atoms with Gasteiger partial charge in [-0.1, -0.05) is 6.42 Å². The van der Waals surface area contributed by atoms with Crippen molar-refractivity contribution in [2.45, 2.75) is 36.7 Å². The van der Waals surface area contributed by atoms with Gasteiger partial charge in [-0.15, -0.1) is 11.6 Å². The van der Waals surface area contributed by atoms with Gasteiger partial charge in [0.25, 0.3) is 0 Å². The number of alkyl halides is 1. The molecule has 20 heavy (non-hydrogen) atoms. The molecule has 1 saturated carbocycles. The summed E-state index contributed by atoms with van der Waals surface area (Å²) in [6, 6.07) is 0. The number of rotatable bonds is 3. The van der Waals surface area contributed by atoms with Crippen molar-refractivity contribution in [1.82, 2.24) is 9.80 Å². The van der Waals surface area contributed by atoms with Crippen LogP contribution in [-0.2, 0) is 9.47 Å². The van der Waals surface area contributed by atoms with Gasteiger partial charge in [-0.3, -0.25) is 0 Å². The zero-order valence-electron chi connectivity index (χ0n) is 11.9. The maximum Gasteiger partial charge on any atom is 0.420 e. The van der Waals surface area contributed by atoms with E-state index in [0.717, 1.165) is 24.2 Å². The number of hydrogen-bond donors (Lipinski definition) is 0. The number of nitrogens with zero attached hydrogens (tertiary/aromatic N) is 2. The van der Waals surface area contributed by atoms with E-state index in [2.05, 4.69) is 0 Å². The second-order valence-corrected chi connectivity index (χ2v) is 6.18. The second kappa shape index (κ2) is 6.18. The quantitative estimate of drug-likeness (QED) is 0.747. The molecule has 1 saturated heterocycles. The number of ether oxygens (including phenoxy) is 2. The maximum atomic E-state index is 11.9. The summed E-state index contributed by atoms with van der Waals surface area (Å²) in [5.41, 5.74) is -0.725. The highest BCUT2D eigenvalue weighted by Crippen LogP contribution is 2.40. The van der Waals surface area contributed by atoms with Gasteiger partial charge in [0.2, 0.25) is 0 Å². The van der Waals surface area contributed by atoms with Crippen LogP contribution < -0.4 is 0 Å². The Morgan fingerprint density at radius 1 is 1.55 bits per heavy atom. The Labute approximate surface area is 123 Å². The Kier molecular flexibility index (Phi) is 4.75. The van der Waals surface area contributed by atoms with Crippen molar-refractivity contribution >= 4 is 23.8 Å². The number of halogens is 1. The van der Waals surface area contributed by atoms with Crippen LogP contribution in [0.5, 0.6) is 0 Å². The van der Waals surface area contributed by atoms with Crippen LogP contribution >= 0.6 is 11.6 Å². The highest BCUT2D eigenvalue weighted by molar-refractivity contribution is 6.21. The lowest BCUT2D eigenvalue weighted by atomic mass is 9.84. The predicted molar refractivity (Wildman–Crippen MR) is 73.9 cm³/mol. The number of likely N-dealkylation sites (N-methyl/N-ethyl adjacent to an activating group) is 1. The number of carbonyl (C=O) groups is 2. The summed E-state index contributed by atoms with van der Waals surface area (Å²) in [6.45, 7) is 1.05. The van der Waals surface area contributed by atoms with Crippen molar-refractivity contribution in [3.8, 4) is 0 Å². The number of carbonyl (C=O) groups excluding carboxylic acids is 2. The van der Waals surface area contributed by atoms with Crippen LogP contribution in [0.4, 0.5) is 9.59 Å². The highest BCUT2D eigenvalue weighted by Gasteiger charge is 2.53. The first kappa shape index (κ1) is 15.4. The van der Waals surface area contributed by atoms with Crippen molar-refractivity contribution in [2.24, 2.45) is 0 Å². The van der Waals surface area contributed by atoms with Gasteiger partial charge < -0.3 is 14.4 Å². The van der Waals surface area contributed by atoms with Crippen LogP contribution in [0.1, 0.15) is 25.7 Å². The van der Waals surface area contributed by atoms with E-state index >= 15 is 0 Å². The molecule has 2 unspecified atom stereocenters. The van der Waals surface area contributed by atoms with E-state index < -0.39 is 17.8 Å². The number of amides is 2. The summed E-state index contributed by atoms with van der Waals surface area (Å²) in [7, 11) is 3.76. The van der Waals surface area contributed by atoms with E-state index in [1.54, 1.807) is 0 Å². The van der Waals surface area contributed by atoms with E-state index in [0.29, 0.717) is 13.0 Å². The van der Waals surface area contributed by atoms with E-state index in [1.165, 1.54) is 0 Å². The second-order valence-electron chi connectivity index (χ2n) is 5.65. The first-order valence-corrected chi connectivity index (χ1v) is 7.34. The molecule has 0 N–H and O–H groups in total. The minimum Gasteiger partial charge on any atom is -0.448 e. The molecule has 1 spiro atoms. The average Bonchev–Trinajstić information content (AvgIpc) is 2.71. The van der Waals surface area contributed by atoms with Crippen LogP contribution in [0.15, 0.2) is 0 Å². The zero-order chi connectivity index (χ0) is 14.8. The Bertz CT molecular complexity index is 391. The lowest BCUT2D eigenvalue weighted by Gasteiger charge is -2.35. The van der Waals surface area contributed by atoms with E-state index in [9.17, 15) is 9.59 Å². The molecule has 7 heteroatoms. The van der Waals surface area contributed by atoms with E-state index in [4.69, 9.17) is 21.1 Å². The highest BCUT2D eigenvalue weighted by atomic mass is 35.5. The smallest absolute Gasteiger partial charge is 0.420 e. The molecule has 0 aromatic rings.